The summed E-state index contributed by atoms with van der Waals surface area (Å²) < 4.78 is 37.3. The number of nitrogens with two attached hydrogens (primary N) is 6. The zero-order valence-electron chi connectivity index (χ0n) is 47.5. The van der Waals surface area contributed by atoms with Crippen molar-refractivity contribution < 1.29 is 75.8 Å². The first-order valence-corrected chi connectivity index (χ1v) is 27.5. The van der Waals surface area contributed by atoms with Crippen molar-refractivity contribution in [2.24, 2.45) is 39.4 Å². The third kappa shape index (κ3) is 26.1. The molecule has 0 aliphatic carbocycles. The molecule has 3 aromatic carbocycles. The smallest absolute Gasteiger partial charge is 0.490 e. The Hall–Kier alpha value is -9.35. The van der Waals surface area contributed by atoms with Crippen molar-refractivity contribution >= 4 is 71.0 Å². The number of carbonyl (C=O) groups is 11. The van der Waals surface area contributed by atoms with Crippen LogP contribution in [0.5, 0.6) is 5.75 Å². The number of primary amides is 3. The number of aliphatic imine (C=N–C) groups is 1. The Bertz CT molecular complexity index is 2790. The number of amides is 10. The Kier molecular flexibility index (Phi) is 30.0. The van der Waals surface area contributed by atoms with Crippen molar-refractivity contribution in [2.75, 3.05) is 26.2 Å². The highest BCUT2D eigenvalue weighted by Gasteiger charge is 2.41. The Morgan fingerprint density at radius 2 is 1.14 bits per heavy atom. The summed E-state index contributed by atoms with van der Waals surface area (Å²) in [7, 11) is 0. The second-order valence-electron chi connectivity index (χ2n) is 19.9. The number of nitrogens with zero attached hydrogens (tertiary/aromatic N) is 2. The molecule has 0 spiro atoms. The Labute approximate surface area is 494 Å². The number of alkyl halides is 3. The Balaban J connectivity index is 0.00000259. The van der Waals surface area contributed by atoms with Crippen LogP contribution in [0.25, 0.3) is 0 Å². The summed E-state index contributed by atoms with van der Waals surface area (Å²) in [5.74, 6) is -10.6. The summed E-state index contributed by atoms with van der Waals surface area (Å²) in [6.45, 7) is 2.78. The molecule has 4 rings (SSSR count). The number of halogens is 3. The van der Waals surface area contributed by atoms with Gasteiger partial charge in [-0.3, -0.25) is 52.9 Å². The summed E-state index contributed by atoms with van der Waals surface area (Å²) >= 11 is 0. The molecule has 0 radical (unpaired) electrons. The van der Waals surface area contributed by atoms with Gasteiger partial charge >= 0.3 is 12.1 Å². The van der Waals surface area contributed by atoms with Crippen LogP contribution in [0.4, 0.5) is 13.2 Å². The first-order valence-electron chi connectivity index (χ1n) is 27.5. The molecule has 1 fully saturated rings. The third-order valence-corrected chi connectivity index (χ3v) is 13.0. The van der Waals surface area contributed by atoms with Gasteiger partial charge in [-0.2, -0.15) is 13.2 Å². The van der Waals surface area contributed by atoms with Gasteiger partial charge < -0.3 is 81.0 Å². The number of likely N-dealkylation sites (tertiary alicyclic amines) is 1. The fraction of sp³-hybridized carbons (Fsp3) is 0.464. The molecule has 1 aliphatic heterocycles. The second kappa shape index (κ2) is 36.4. The van der Waals surface area contributed by atoms with E-state index in [1.54, 1.807) is 84.9 Å². The molecule has 7 atom stereocenters. The maximum atomic E-state index is 14.5. The number of hydrogen-bond donors (Lipinski definition) is 13. The number of carbonyl (C=O) groups excluding carboxylic acids is 10. The molecule has 0 aromatic heterocycles. The molecule has 27 nitrogen and oxygen atoms in total. The number of aliphatic carboxylic acids is 1. The first-order chi connectivity index (χ1) is 40.7. The molecule has 86 heavy (non-hydrogen) atoms. The minimum Gasteiger partial charge on any atom is -0.494 e. The van der Waals surface area contributed by atoms with Crippen molar-refractivity contribution in [3.63, 3.8) is 0 Å². The van der Waals surface area contributed by atoms with E-state index in [-0.39, 0.29) is 64.1 Å². The van der Waals surface area contributed by atoms with Gasteiger partial charge in [-0.15, -0.1) is 0 Å². The number of nitrogens with one attached hydrogen (secondary N) is 6. The number of ether oxygens (including phenoxy) is 1. The number of benzene rings is 3. The van der Waals surface area contributed by atoms with Crippen LogP contribution in [0.2, 0.25) is 0 Å². The van der Waals surface area contributed by atoms with E-state index in [4.69, 9.17) is 49.0 Å². The fourth-order valence-electron chi connectivity index (χ4n) is 8.78. The van der Waals surface area contributed by atoms with Crippen molar-refractivity contribution in [2.45, 2.75) is 139 Å². The Morgan fingerprint density at radius 3 is 1.67 bits per heavy atom. The van der Waals surface area contributed by atoms with Gasteiger partial charge in [-0.05, 0) is 93.7 Å². The Morgan fingerprint density at radius 1 is 0.628 bits per heavy atom. The maximum absolute atomic E-state index is 14.5. The largest absolute Gasteiger partial charge is 0.494 e. The number of guanidine groups is 1. The van der Waals surface area contributed by atoms with Crippen LogP contribution in [-0.4, -0.2) is 156 Å². The summed E-state index contributed by atoms with van der Waals surface area (Å²) in [5.41, 5.74) is 35.1. The average Bonchev–Trinajstić information content (AvgIpc) is 3.03. The zero-order chi connectivity index (χ0) is 63.9. The average molecular weight is 1210 g/mol. The molecule has 1 aliphatic rings. The molecule has 1 saturated heterocycles. The van der Waals surface area contributed by atoms with E-state index >= 15 is 0 Å². The first kappa shape index (κ1) is 70.9. The molecule has 0 saturated carbocycles. The molecule has 470 valence electrons. The van der Waals surface area contributed by atoms with Gasteiger partial charge in [-0.1, -0.05) is 72.8 Å². The lowest BCUT2D eigenvalue weighted by Gasteiger charge is -2.31. The zero-order valence-corrected chi connectivity index (χ0v) is 47.5. The highest BCUT2D eigenvalue weighted by molar-refractivity contribution is 5.99. The molecule has 1 heterocycles. The van der Waals surface area contributed by atoms with Crippen LogP contribution in [0, 0.1) is 0 Å². The van der Waals surface area contributed by atoms with Gasteiger partial charge in [0.1, 0.15) is 48.0 Å². The van der Waals surface area contributed by atoms with Gasteiger partial charge in [0.25, 0.3) is 0 Å². The van der Waals surface area contributed by atoms with Gasteiger partial charge in [-0.25, -0.2) is 4.79 Å². The van der Waals surface area contributed by atoms with Crippen LogP contribution in [0.15, 0.2) is 89.9 Å². The standard InChI is InChI=1S/C54H76N14O11.C2HF3O2/c1-2-79-36-22-20-35(21-23-36)30-40(62-46(71)31-34-15-7-4-8-16-34)49(74)66-41(29-33-13-5-3-6-14-33)50(75)64-38(24-25-44(56)69)48(73)67-42(32-45(57)70)51(76)65-39(17-9-10-26-55)53(78)68-28-12-19-43(68)52(77)63-37(47(58)72)18-11-27-61-54(59)60;3-2(4,5)1(6)7/h3-8,13-16,20-23,37-43H,2,9-12,17-19,24-32,55H2,1H3,(H2,56,69)(H2,57,70)(H2,58,72)(H,62,71)(H,63,77)(H,64,75)(H,65,76)(H,66,74)(H,67,73)(H4,59,60,61);(H,6,7)/t37-,38-,39-,40+,41-,42-,43-;/m0./s1. The van der Waals surface area contributed by atoms with E-state index in [0.717, 1.165) is 0 Å². The van der Waals surface area contributed by atoms with Gasteiger partial charge in [0, 0.05) is 32.4 Å². The minimum absolute atomic E-state index is 0.000150. The highest BCUT2D eigenvalue weighted by atomic mass is 19.4. The topological polar surface area (TPSA) is 461 Å². The summed E-state index contributed by atoms with van der Waals surface area (Å²) in [5, 5.41) is 22.9. The van der Waals surface area contributed by atoms with E-state index in [1.165, 1.54) is 4.90 Å². The van der Waals surface area contributed by atoms with Crippen LogP contribution in [-0.2, 0) is 72.0 Å². The maximum Gasteiger partial charge on any atom is 0.490 e. The SMILES string of the molecule is CCOc1ccc(C[C@@H](NC(=O)Cc2ccccc2)C(=O)N[C@@H](Cc2ccccc2)C(=O)N[C@@H](CCC(N)=O)C(=O)N[C@@H](CC(N)=O)C(=O)N[C@@H](CCCCN)C(=O)N2CCC[C@H]2C(=O)N[C@@H](CCCN=C(N)N)C(N)=O)cc1.O=C(O)C(F)(F)F. The van der Waals surface area contributed by atoms with Crippen LogP contribution >= 0.6 is 0 Å². The van der Waals surface area contributed by atoms with Gasteiger partial charge in [0.05, 0.1) is 19.4 Å². The van der Waals surface area contributed by atoms with Gasteiger partial charge in [0.2, 0.25) is 59.1 Å². The molecule has 10 amide bonds. The van der Waals surface area contributed by atoms with Crippen molar-refractivity contribution in [3.8, 4) is 5.75 Å². The summed E-state index contributed by atoms with van der Waals surface area (Å²) in [4.78, 5) is 150. The number of carboxylic acids is 1. The summed E-state index contributed by atoms with van der Waals surface area (Å²) in [6.07, 6.45) is -5.12. The monoisotopic (exact) mass is 1210 g/mol. The summed E-state index contributed by atoms with van der Waals surface area (Å²) in [6, 6.07) is 14.9. The predicted molar refractivity (Wildman–Crippen MR) is 306 cm³/mol. The number of carboxylic acid groups (broad SMARTS) is 1. The number of rotatable bonds is 34. The molecule has 30 heteroatoms. The second-order valence-corrected chi connectivity index (χ2v) is 19.9. The quantitative estimate of drug-likeness (QED) is 0.0183. The minimum atomic E-state index is -5.08. The fourth-order valence-corrected chi connectivity index (χ4v) is 8.78. The van der Waals surface area contributed by atoms with E-state index in [2.05, 4.69) is 36.9 Å². The lowest BCUT2D eigenvalue weighted by molar-refractivity contribution is -0.192. The predicted octanol–water partition coefficient (Wildman–Crippen LogP) is -1.54. The van der Waals surface area contributed by atoms with Crippen molar-refractivity contribution in [3.05, 3.63) is 102 Å². The van der Waals surface area contributed by atoms with Crippen molar-refractivity contribution in [1.82, 2.24) is 36.8 Å². The number of hydrogen-bond acceptors (Lipinski definition) is 14. The van der Waals surface area contributed by atoms with E-state index < -0.39 is 133 Å². The van der Waals surface area contributed by atoms with E-state index in [0.29, 0.717) is 54.7 Å². The van der Waals surface area contributed by atoms with Crippen LogP contribution in [0.3, 0.4) is 0 Å². The highest BCUT2D eigenvalue weighted by Crippen LogP contribution is 2.21. The molecular weight excluding hydrogens is 1130 g/mol. The molecule has 0 bridgehead atoms. The molecule has 0 unspecified atom stereocenters. The normalized spacial score (nSPS) is 14.8. The third-order valence-electron chi connectivity index (χ3n) is 13.0. The molecular formula is C56H77F3N14O13. The lowest BCUT2D eigenvalue weighted by atomic mass is 10.0. The van der Waals surface area contributed by atoms with E-state index in [1.807, 2.05) is 6.92 Å². The lowest BCUT2D eigenvalue weighted by Crippen LogP contribution is -2.60. The van der Waals surface area contributed by atoms with Crippen molar-refractivity contribution in [1.29, 1.82) is 0 Å². The van der Waals surface area contributed by atoms with Crippen LogP contribution in [0.1, 0.15) is 87.8 Å². The molecule has 3 aromatic rings. The van der Waals surface area contributed by atoms with E-state index in [9.17, 15) is 61.1 Å². The van der Waals surface area contributed by atoms with Gasteiger partial charge in [0.15, 0.2) is 5.96 Å². The number of unbranched alkanes of at least 4 members (excludes halogenated alkanes) is 1. The van der Waals surface area contributed by atoms with Crippen LogP contribution < -0.4 is 71.0 Å². The molecule has 19 N–H and O–H groups in total.